The largest absolute Gasteiger partial charge is 0.370 e. The molecular weight excluding hydrogens is 144 g/mol. The van der Waals surface area contributed by atoms with Gasteiger partial charge in [0.25, 0.3) is 0 Å². The third kappa shape index (κ3) is 7.29. The first-order valence-corrected chi connectivity index (χ1v) is 3.53. The highest BCUT2D eigenvalue weighted by Crippen LogP contribution is 1.95. The molecule has 0 saturated heterocycles. The summed E-state index contributed by atoms with van der Waals surface area (Å²) in [6, 6.07) is 0. The number of amides is 1. The average Bonchev–Trinajstić information content (AvgIpc) is 1.85. The Bertz CT molecular complexity index is 129. The van der Waals surface area contributed by atoms with E-state index in [0.717, 1.165) is 0 Å². The minimum Gasteiger partial charge on any atom is -0.370 e. The molecule has 0 rings (SSSR count). The molecule has 0 heterocycles. The molecule has 0 spiro atoms. The maximum absolute atomic E-state index is 10.6. The number of nitrogens with one attached hydrogen (secondary N) is 1. The van der Waals surface area contributed by atoms with Crippen LogP contribution in [0.25, 0.3) is 0 Å². The maximum Gasteiger partial charge on any atom is 0.245 e. The van der Waals surface area contributed by atoms with Gasteiger partial charge >= 0.3 is 0 Å². The van der Waals surface area contributed by atoms with Crippen molar-refractivity contribution < 1.29 is 9.53 Å². The van der Waals surface area contributed by atoms with Crippen LogP contribution >= 0.6 is 0 Å². The lowest BCUT2D eigenvalue weighted by Gasteiger charge is -2.17. The molecule has 1 amide bonds. The molecule has 0 fully saturated rings. The Hall–Kier alpha value is -0.610. The van der Waals surface area contributed by atoms with Gasteiger partial charge in [0.2, 0.25) is 5.91 Å². The topological polar surface area (TPSA) is 64.3 Å². The summed E-state index contributed by atoms with van der Waals surface area (Å²) in [4.78, 5) is 10.6. The second kappa shape index (κ2) is 4.31. The second-order valence-electron chi connectivity index (χ2n) is 3.15. The first-order chi connectivity index (χ1) is 4.95. The molecule has 11 heavy (non-hydrogen) atoms. The zero-order valence-electron chi connectivity index (χ0n) is 7.31. The van der Waals surface area contributed by atoms with Crippen molar-refractivity contribution in [3.8, 4) is 0 Å². The molecule has 0 unspecified atom stereocenters. The fourth-order valence-electron chi connectivity index (χ4n) is 0.479. The molecule has 0 atom stereocenters. The molecule has 0 aromatic heterocycles. The van der Waals surface area contributed by atoms with Crippen molar-refractivity contribution in [1.29, 1.82) is 0 Å². The minimum absolute atomic E-state index is 0.0805. The van der Waals surface area contributed by atoms with Crippen molar-refractivity contribution in [2.75, 3.05) is 20.3 Å². The molecule has 0 bridgehead atoms. The van der Waals surface area contributed by atoms with Crippen LogP contribution in [0.2, 0.25) is 0 Å². The number of rotatable bonds is 4. The Kier molecular flexibility index (Phi) is 4.07. The van der Waals surface area contributed by atoms with E-state index in [1.165, 1.54) is 0 Å². The lowest BCUT2D eigenvalue weighted by atomic mass is 10.1. The van der Waals surface area contributed by atoms with Gasteiger partial charge in [-0.25, -0.2) is 0 Å². The van der Waals surface area contributed by atoms with Gasteiger partial charge in [-0.15, -0.1) is 0 Å². The summed E-state index contributed by atoms with van der Waals surface area (Å²) < 4.78 is 5.01. The van der Waals surface area contributed by atoms with E-state index in [9.17, 15) is 4.79 Å². The van der Waals surface area contributed by atoms with Gasteiger partial charge in [-0.05, 0) is 13.8 Å². The highest BCUT2D eigenvalue weighted by atomic mass is 16.5. The van der Waals surface area contributed by atoms with Crippen molar-refractivity contribution in [3.63, 3.8) is 0 Å². The van der Waals surface area contributed by atoms with Gasteiger partial charge in [-0.2, -0.15) is 0 Å². The Balaban J connectivity index is 3.35. The Morgan fingerprint density at radius 3 is 2.55 bits per heavy atom. The summed E-state index contributed by atoms with van der Waals surface area (Å²) in [6.07, 6.45) is 0. The van der Waals surface area contributed by atoms with Crippen molar-refractivity contribution in [3.05, 3.63) is 0 Å². The van der Waals surface area contributed by atoms with Crippen LogP contribution in [0, 0.1) is 0 Å². The van der Waals surface area contributed by atoms with Gasteiger partial charge in [0.05, 0.1) is 6.61 Å². The molecule has 0 aromatic rings. The second-order valence-corrected chi connectivity index (χ2v) is 3.15. The van der Waals surface area contributed by atoms with Crippen LogP contribution in [0.15, 0.2) is 0 Å². The molecule has 66 valence electrons. The molecule has 0 saturated carbocycles. The van der Waals surface area contributed by atoms with E-state index in [0.29, 0.717) is 6.61 Å². The average molecular weight is 160 g/mol. The lowest BCUT2D eigenvalue weighted by Crippen LogP contribution is -2.38. The Labute approximate surface area is 67.1 Å². The molecule has 0 aliphatic carbocycles. The van der Waals surface area contributed by atoms with Crippen LogP contribution in [0.4, 0.5) is 0 Å². The van der Waals surface area contributed by atoms with E-state index in [4.69, 9.17) is 10.5 Å². The van der Waals surface area contributed by atoms with E-state index in [2.05, 4.69) is 5.32 Å². The minimum atomic E-state index is -0.367. The van der Waals surface area contributed by atoms with Crippen molar-refractivity contribution in [2.45, 2.75) is 19.4 Å². The SMILES string of the molecule is CNC(=O)COCC(C)(C)N. The summed E-state index contributed by atoms with van der Waals surface area (Å²) >= 11 is 0. The van der Waals surface area contributed by atoms with Crippen molar-refractivity contribution in [1.82, 2.24) is 5.32 Å². The van der Waals surface area contributed by atoms with Crippen LogP contribution in [0.1, 0.15) is 13.8 Å². The van der Waals surface area contributed by atoms with Crippen LogP contribution in [-0.2, 0) is 9.53 Å². The van der Waals surface area contributed by atoms with Gasteiger partial charge < -0.3 is 15.8 Å². The van der Waals surface area contributed by atoms with Gasteiger partial charge in [0.1, 0.15) is 6.61 Å². The van der Waals surface area contributed by atoms with Crippen LogP contribution in [-0.4, -0.2) is 31.7 Å². The predicted octanol–water partition coefficient (Wildman–Crippen LogP) is -0.514. The number of likely N-dealkylation sites (N-methyl/N-ethyl adjacent to an activating group) is 1. The van der Waals surface area contributed by atoms with Crippen LogP contribution in [0.5, 0.6) is 0 Å². The third-order valence-electron chi connectivity index (χ3n) is 0.986. The van der Waals surface area contributed by atoms with E-state index < -0.39 is 0 Å². The van der Waals surface area contributed by atoms with Crippen LogP contribution < -0.4 is 11.1 Å². The summed E-state index contributed by atoms with van der Waals surface area (Å²) in [6.45, 7) is 4.16. The quantitative estimate of drug-likeness (QED) is 0.582. The van der Waals surface area contributed by atoms with Gasteiger partial charge in [-0.3, -0.25) is 4.79 Å². The number of hydrogen-bond acceptors (Lipinski definition) is 3. The van der Waals surface area contributed by atoms with Gasteiger partial charge in [-0.1, -0.05) is 0 Å². The summed E-state index contributed by atoms with van der Waals surface area (Å²) in [7, 11) is 1.57. The lowest BCUT2D eigenvalue weighted by molar-refractivity contribution is -0.125. The van der Waals surface area contributed by atoms with E-state index >= 15 is 0 Å². The molecule has 0 radical (unpaired) electrons. The normalized spacial score (nSPS) is 11.3. The molecule has 0 aliphatic heterocycles. The van der Waals surface area contributed by atoms with Crippen LogP contribution in [0.3, 0.4) is 0 Å². The number of carbonyl (C=O) groups excluding carboxylic acids is 1. The van der Waals surface area contributed by atoms with E-state index in [-0.39, 0.29) is 18.1 Å². The van der Waals surface area contributed by atoms with Crippen molar-refractivity contribution in [2.24, 2.45) is 5.73 Å². The molecule has 0 aliphatic rings. The van der Waals surface area contributed by atoms with Crippen molar-refractivity contribution >= 4 is 5.91 Å². The highest BCUT2D eigenvalue weighted by Gasteiger charge is 2.10. The van der Waals surface area contributed by atoms with Gasteiger partial charge in [0, 0.05) is 12.6 Å². The predicted molar refractivity (Wildman–Crippen MR) is 43.2 cm³/mol. The first kappa shape index (κ1) is 10.4. The van der Waals surface area contributed by atoms with Gasteiger partial charge in [0.15, 0.2) is 0 Å². The number of ether oxygens (including phenoxy) is 1. The number of carbonyl (C=O) groups is 1. The molecule has 4 heteroatoms. The molecule has 3 N–H and O–H groups in total. The van der Waals surface area contributed by atoms with E-state index in [1.54, 1.807) is 7.05 Å². The number of nitrogens with two attached hydrogens (primary N) is 1. The fourth-order valence-corrected chi connectivity index (χ4v) is 0.479. The standard InChI is InChI=1S/C7H16N2O2/c1-7(2,8)5-11-4-6(10)9-3/h4-5,8H2,1-3H3,(H,9,10). The summed E-state index contributed by atoms with van der Waals surface area (Å²) in [5.41, 5.74) is 5.24. The molecule has 4 nitrogen and oxygen atoms in total. The Morgan fingerprint density at radius 2 is 2.18 bits per heavy atom. The van der Waals surface area contributed by atoms with E-state index in [1.807, 2.05) is 13.8 Å². The molecule has 0 aromatic carbocycles. The molecular formula is C7H16N2O2. The number of hydrogen-bond donors (Lipinski definition) is 2. The zero-order chi connectivity index (χ0) is 8.91. The summed E-state index contributed by atoms with van der Waals surface area (Å²) in [5, 5.41) is 2.45. The monoisotopic (exact) mass is 160 g/mol. The Morgan fingerprint density at radius 1 is 1.64 bits per heavy atom. The fraction of sp³-hybridized carbons (Fsp3) is 0.857. The third-order valence-corrected chi connectivity index (χ3v) is 0.986. The highest BCUT2D eigenvalue weighted by molar-refractivity contribution is 5.76. The first-order valence-electron chi connectivity index (χ1n) is 3.53. The summed E-state index contributed by atoms with van der Waals surface area (Å²) in [5.74, 6) is -0.130. The maximum atomic E-state index is 10.6. The smallest absolute Gasteiger partial charge is 0.245 e. The zero-order valence-corrected chi connectivity index (χ0v) is 7.31.